The summed E-state index contributed by atoms with van der Waals surface area (Å²) in [7, 11) is 0. The Kier molecular flexibility index (Phi) is 4.08. The Morgan fingerprint density at radius 1 is 0.909 bits per heavy atom. The van der Waals surface area contributed by atoms with Crippen molar-refractivity contribution in [1.82, 2.24) is 0 Å². The molecule has 0 fully saturated rings. The molecule has 0 saturated heterocycles. The van der Waals surface area contributed by atoms with Gasteiger partial charge in [0.25, 0.3) is 6.47 Å². The Hall–Kier alpha value is -3.35. The predicted octanol–water partition coefficient (Wildman–Crippen LogP) is 1.99. The zero-order valence-electron chi connectivity index (χ0n) is 11.0. The largest absolute Gasteiger partial charge is 0.507 e. The molecule has 22 heavy (non-hydrogen) atoms. The number of aromatic hydroxyl groups is 1. The first-order valence-electron chi connectivity index (χ1n) is 5.98. The number of aromatic carboxylic acids is 2. The smallest absolute Gasteiger partial charge is 0.339 e. The summed E-state index contributed by atoms with van der Waals surface area (Å²) in [4.78, 5) is 32.5. The van der Waals surface area contributed by atoms with Crippen LogP contribution in [0.4, 0.5) is 0 Å². The first-order valence-corrected chi connectivity index (χ1v) is 5.98. The molecule has 2 aromatic rings. The minimum absolute atomic E-state index is 0.116. The van der Waals surface area contributed by atoms with E-state index in [0.29, 0.717) is 11.1 Å². The highest BCUT2D eigenvalue weighted by Crippen LogP contribution is 2.29. The lowest BCUT2D eigenvalue weighted by Crippen LogP contribution is -2.02. The summed E-state index contributed by atoms with van der Waals surface area (Å²) in [5.41, 5.74) is 0.255. The fourth-order valence-corrected chi connectivity index (χ4v) is 1.92. The van der Waals surface area contributed by atoms with Gasteiger partial charge in [-0.05, 0) is 35.4 Å². The highest BCUT2D eigenvalue weighted by atomic mass is 16.5. The summed E-state index contributed by atoms with van der Waals surface area (Å²) in [6.07, 6.45) is 0. The molecule has 0 spiro atoms. The zero-order valence-corrected chi connectivity index (χ0v) is 11.0. The van der Waals surface area contributed by atoms with Crippen LogP contribution in [0.5, 0.6) is 11.5 Å². The van der Waals surface area contributed by atoms with Crippen LogP contribution >= 0.6 is 0 Å². The van der Waals surface area contributed by atoms with Crippen LogP contribution in [0.3, 0.4) is 0 Å². The van der Waals surface area contributed by atoms with E-state index in [-0.39, 0.29) is 23.3 Å². The average molecular weight is 302 g/mol. The van der Waals surface area contributed by atoms with Gasteiger partial charge in [-0.1, -0.05) is 12.1 Å². The lowest BCUT2D eigenvalue weighted by Gasteiger charge is -2.08. The van der Waals surface area contributed by atoms with Gasteiger partial charge >= 0.3 is 11.9 Å². The van der Waals surface area contributed by atoms with Crippen LogP contribution in [0.15, 0.2) is 36.4 Å². The van der Waals surface area contributed by atoms with E-state index in [1.165, 1.54) is 36.4 Å². The number of benzene rings is 2. The molecule has 0 aliphatic heterocycles. The zero-order chi connectivity index (χ0) is 16.3. The fourth-order valence-electron chi connectivity index (χ4n) is 1.92. The van der Waals surface area contributed by atoms with Crippen LogP contribution in [0.25, 0.3) is 11.1 Å². The van der Waals surface area contributed by atoms with Gasteiger partial charge in [-0.15, -0.1) is 0 Å². The van der Waals surface area contributed by atoms with Crippen LogP contribution < -0.4 is 4.74 Å². The second kappa shape index (κ2) is 5.96. The van der Waals surface area contributed by atoms with Gasteiger partial charge in [0, 0.05) is 0 Å². The van der Waals surface area contributed by atoms with Crippen LogP contribution in [-0.2, 0) is 4.79 Å². The topological polar surface area (TPSA) is 121 Å². The first kappa shape index (κ1) is 15.0. The van der Waals surface area contributed by atoms with E-state index in [9.17, 15) is 19.5 Å². The van der Waals surface area contributed by atoms with E-state index in [2.05, 4.69) is 4.74 Å². The van der Waals surface area contributed by atoms with Gasteiger partial charge in [0.15, 0.2) is 0 Å². The quantitative estimate of drug-likeness (QED) is 0.722. The molecule has 0 bridgehead atoms. The Morgan fingerprint density at radius 3 is 2.00 bits per heavy atom. The number of carbonyl (C=O) groups excluding carboxylic acids is 1. The second-order valence-electron chi connectivity index (χ2n) is 4.27. The molecule has 3 N–H and O–H groups in total. The summed E-state index contributed by atoms with van der Waals surface area (Å²) >= 11 is 0. The number of rotatable bonds is 5. The minimum atomic E-state index is -1.31. The third kappa shape index (κ3) is 2.88. The molecule has 0 aromatic heterocycles. The van der Waals surface area contributed by atoms with E-state index in [1.807, 2.05) is 0 Å². The number of phenols is 1. The van der Waals surface area contributed by atoms with Crippen molar-refractivity contribution in [3.05, 3.63) is 47.5 Å². The Morgan fingerprint density at radius 2 is 1.45 bits per heavy atom. The van der Waals surface area contributed by atoms with Crippen molar-refractivity contribution in [2.75, 3.05) is 0 Å². The van der Waals surface area contributed by atoms with Crippen LogP contribution in [0.1, 0.15) is 20.7 Å². The summed E-state index contributed by atoms with van der Waals surface area (Å²) in [5, 5.41) is 27.6. The molecule has 0 amide bonds. The van der Waals surface area contributed by atoms with Crippen LogP contribution in [-0.4, -0.2) is 33.7 Å². The van der Waals surface area contributed by atoms with Gasteiger partial charge in [0.2, 0.25) is 0 Å². The predicted molar refractivity (Wildman–Crippen MR) is 74.2 cm³/mol. The highest BCUT2D eigenvalue weighted by molar-refractivity contribution is 5.95. The standard InChI is InChI=1S/C15H10O7/c16-7-22-13-4-2-9(6-11(13)15(20)21)8-1-3-12(17)10(5-8)14(18)19/h1-7,17H,(H,18,19)(H,20,21). The van der Waals surface area contributed by atoms with Crippen molar-refractivity contribution in [1.29, 1.82) is 0 Å². The Bertz CT molecular complexity index is 764. The maximum atomic E-state index is 11.2. The maximum absolute atomic E-state index is 11.2. The van der Waals surface area contributed by atoms with Crippen molar-refractivity contribution >= 4 is 18.4 Å². The van der Waals surface area contributed by atoms with Gasteiger partial charge in [0.05, 0.1) is 0 Å². The maximum Gasteiger partial charge on any atom is 0.339 e. The molecule has 0 heterocycles. The number of carboxylic acids is 2. The highest BCUT2D eigenvalue weighted by Gasteiger charge is 2.15. The van der Waals surface area contributed by atoms with Gasteiger partial charge in [-0.25, -0.2) is 9.59 Å². The molecule has 112 valence electrons. The molecule has 0 atom stereocenters. The normalized spacial score (nSPS) is 10.0. The van der Waals surface area contributed by atoms with E-state index in [1.54, 1.807) is 0 Å². The molecule has 0 aliphatic carbocycles. The van der Waals surface area contributed by atoms with E-state index >= 15 is 0 Å². The van der Waals surface area contributed by atoms with Gasteiger partial charge in [-0.2, -0.15) is 0 Å². The minimum Gasteiger partial charge on any atom is -0.507 e. The SMILES string of the molecule is O=COc1ccc(-c2ccc(O)c(C(=O)O)c2)cc1C(=O)O. The first-order chi connectivity index (χ1) is 10.4. The van der Waals surface area contributed by atoms with Crippen molar-refractivity contribution in [3.8, 4) is 22.6 Å². The third-order valence-corrected chi connectivity index (χ3v) is 2.95. The lowest BCUT2D eigenvalue weighted by molar-refractivity contribution is -0.120. The number of carbonyl (C=O) groups is 3. The van der Waals surface area contributed by atoms with Gasteiger partial charge in [0.1, 0.15) is 22.6 Å². The third-order valence-electron chi connectivity index (χ3n) is 2.95. The molecule has 0 aliphatic rings. The Balaban J connectivity index is 2.56. The van der Waals surface area contributed by atoms with E-state index < -0.39 is 17.7 Å². The molecule has 0 unspecified atom stereocenters. The number of carboxylic acid groups (broad SMARTS) is 2. The number of hydrogen-bond acceptors (Lipinski definition) is 5. The molecule has 0 saturated carbocycles. The number of hydrogen-bond donors (Lipinski definition) is 3. The Labute approximate surface area is 124 Å². The number of ether oxygens (including phenoxy) is 1. The summed E-state index contributed by atoms with van der Waals surface area (Å²) < 4.78 is 4.57. The lowest BCUT2D eigenvalue weighted by atomic mass is 10.00. The van der Waals surface area contributed by atoms with Crippen LogP contribution in [0, 0.1) is 0 Å². The summed E-state index contributed by atoms with van der Waals surface area (Å²) in [6.45, 7) is 0.116. The monoisotopic (exact) mass is 302 g/mol. The molecule has 2 rings (SSSR count). The van der Waals surface area contributed by atoms with E-state index in [0.717, 1.165) is 0 Å². The van der Waals surface area contributed by atoms with Crippen molar-refractivity contribution in [3.63, 3.8) is 0 Å². The molecule has 2 aromatic carbocycles. The summed E-state index contributed by atoms with van der Waals surface area (Å²) in [6, 6.07) is 7.89. The van der Waals surface area contributed by atoms with Crippen molar-refractivity contribution < 1.29 is 34.4 Å². The molecular weight excluding hydrogens is 292 g/mol. The van der Waals surface area contributed by atoms with Crippen molar-refractivity contribution in [2.24, 2.45) is 0 Å². The second-order valence-corrected chi connectivity index (χ2v) is 4.27. The summed E-state index contributed by atoms with van der Waals surface area (Å²) in [5.74, 6) is -3.12. The fraction of sp³-hybridized carbons (Fsp3) is 0. The molecular formula is C15H10O7. The van der Waals surface area contributed by atoms with Gasteiger partial charge < -0.3 is 20.1 Å². The molecule has 0 radical (unpaired) electrons. The molecule has 7 nitrogen and oxygen atoms in total. The average Bonchev–Trinajstić information content (AvgIpc) is 2.48. The van der Waals surface area contributed by atoms with Gasteiger partial charge in [-0.3, -0.25) is 4.79 Å². The van der Waals surface area contributed by atoms with E-state index in [4.69, 9.17) is 10.2 Å². The molecule has 7 heteroatoms. The van der Waals surface area contributed by atoms with Crippen LogP contribution in [0.2, 0.25) is 0 Å². The van der Waals surface area contributed by atoms with Crippen molar-refractivity contribution in [2.45, 2.75) is 0 Å².